The standard InChI is InChI=1S/C15H22O3/c1-2-18-15(17)12-7-5-3-4-6-9-13-10-8-11-14(13)16/h4,6,10H,2-3,5,7-9,11-12H2,1H3/b6-4-. The van der Waals surface area contributed by atoms with E-state index in [0.717, 1.165) is 37.7 Å². The highest BCUT2D eigenvalue weighted by atomic mass is 16.5. The van der Waals surface area contributed by atoms with Crippen molar-refractivity contribution in [2.24, 2.45) is 0 Å². The Kier molecular flexibility index (Phi) is 7.07. The lowest BCUT2D eigenvalue weighted by atomic mass is 10.1. The van der Waals surface area contributed by atoms with E-state index in [1.807, 2.05) is 13.0 Å². The fourth-order valence-electron chi connectivity index (χ4n) is 1.94. The molecule has 18 heavy (non-hydrogen) atoms. The van der Waals surface area contributed by atoms with E-state index >= 15 is 0 Å². The summed E-state index contributed by atoms with van der Waals surface area (Å²) in [5.41, 5.74) is 0.956. The summed E-state index contributed by atoms with van der Waals surface area (Å²) in [4.78, 5) is 22.4. The Hall–Kier alpha value is -1.38. The lowest BCUT2D eigenvalue weighted by molar-refractivity contribution is -0.143. The summed E-state index contributed by atoms with van der Waals surface area (Å²) >= 11 is 0. The number of Topliss-reactive ketones (excluding diaryl/α,β-unsaturated/α-hetero) is 1. The summed E-state index contributed by atoms with van der Waals surface area (Å²) in [6.07, 6.45) is 11.9. The number of allylic oxidation sites excluding steroid dienone is 4. The second-order valence-electron chi connectivity index (χ2n) is 4.42. The first-order valence-corrected chi connectivity index (χ1v) is 6.77. The second-order valence-corrected chi connectivity index (χ2v) is 4.42. The van der Waals surface area contributed by atoms with Crippen LogP contribution in [0.25, 0.3) is 0 Å². The van der Waals surface area contributed by atoms with Gasteiger partial charge in [-0.3, -0.25) is 9.59 Å². The first-order valence-electron chi connectivity index (χ1n) is 6.77. The van der Waals surface area contributed by atoms with Crippen molar-refractivity contribution in [3.8, 4) is 0 Å². The molecule has 0 aliphatic heterocycles. The topological polar surface area (TPSA) is 43.4 Å². The molecule has 0 fully saturated rings. The Balaban J connectivity index is 2.01. The molecule has 1 aliphatic rings. The fraction of sp³-hybridized carbons (Fsp3) is 0.600. The van der Waals surface area contributed by atoms with Crippen LogP contribution in [0.5, 0.6) is 0 Å². The highest BCUT2D eigenvalue weighted by Gasteiger charge is 2.12. The third-order valence-corrected chi connectivity index (χ3v) is 2.93. The molecule has 0 aromatic rings. The van der Waals surface area contributed by atoms with Crippen molar-refractivity contribution in [1.29, 1.82) is 0 Å². The minimum atomic E-state index is -0.108. The molecule has 0 saturated carbocycles. The molecule has 0 spiro atoms. The van der Waals surface area contributed by atoms with Crippen LogP contribution in [-0.4, -0.2) is 18.4 Å². The maximum absolute atomic E-state index is 11.3. The molecule has 0 N–H and O–H groups in total. The van der Waals surface area contributed by atoms with E-state index in [2.05, 4.69) is 12.2 Å². The number of esters is 1. The third kappa shape index (κ3) is 5.80. The molecular formula is C15H22O3. The van der Waals surface area contributed by atoms with Gasteiger partial charge in [0.05, 0.1) is 6.61 Å². The van der Waals surface area contributed by atoms with Crippen LogP contribution in [0.15, 0.2) is 23.8 Å². The summed E-state index contributed by atoms with van der Waals surface area (Å²) in [5.74, 6) is 0.185. The average molecular weight is 250 g/mol. The molecule has 3 nitrogen and oxygen atoms in total. The van der Waals surface area contributed by atoms with Crippen LogP contribution in [0.4, 0.5) is 0 Å². The molecule has 0 unspecified atom stereocenters. The van der Waals surface area contributed by atoms with Gasteiger partial charge >= 0.3 is 5.97 Å². The fourth-order valence-corrected chi connectivity index (χ4v) is 1.94. The van der Waals surface area contributed by atoms with Crippen LogP contribution in [0.1, 0.15) is 51.9 Å². The second kappa shape index (κ2) is 8.67. The molecule has 100 valence electrons. The van der Waals surface area contributed by atoms with Gasteiger partial charge in [0.2, 0.25) is 0 Å². The highest BCUT2D eigenvalue weighted by Crippen LogP contribution is 2.17. The molecule has 0 amide bonds. The number of carbonyl (C=O) groups excluding carboxylic acids is 2. The van der Waals surface area contributed by atoms with E-state index in [-0.39, 0.29) is 5.97 Å². The summed E-state index contributed by atoms with van der Waals surface area (Å²) < 4.78 is 4.85. The van der Waals surface area contributed by atoms with Crippen LogP contribution < -0.4 is 0 Å². The van der Waals surface area contributed by atoms with Crippen molar-refractivity contribution in [2.75, 3.05) is 6.61 Å². The Bertz CT molecular complexity index is 340. The number of rotatable bonds is 8. The van der Waals surface area contributed by atoms with Crippen LogP contribution in [0, 0.1) is 0 Å². The van der Waals surface area contributed by atoms with Crippen LogP contribution >= 0.6 is 0 Å². The third-order valence-electron chi connectivity index (χ3n) is 2.93. The van der Waals surface area contributed by atoms with Gasteiger partial charge in [0.25, 0.3) is 0 Å². The molecule has 0 atom stereocenters. The lowest BCUT2D eigenvalue weighted by Gasteiger charge is -2.00. The summed E-state index contributed by atoms with van der Waals surface area (Å²) in [7, 11) is 0. The van der Waals surface area contributed by atoms with E-state index in [1.54, 1.807) is 0 Å². The van der Waals surface area contributed by atoms with Crippen molar-refractivity contribution in [3.05, 3.63) is 23.8 Å². The monoisotopic (exact) mass is 250 g/mol. The van der Waals surface area contributed by atoms with Gasteiger partial charge in [-0.05, 0) is 44.6 Å². The molecule has 0 radical (unpaired) electrons. The number of hydrogen-bond donors (Lipinski definition) is 0. The van der Waals surface area contributed by atoms with Crippen molar-refractivity contribution < 1.29 is 14.3 Å². The molecule has 1 aliphatic carbocycles. The molecule has 1 rings (SSSR count). The predicted octanol–water partition coefficient (Wildman–Crippen LogP) is 3.35. The van der Waals surface area contributed by atoms with E-state index in [0.29, 0.717) is 25.2 Å². The van der Waals surface area contributed by atoms with Gasteiger partial charge in [0.1, 0.15) is 0 Å². The molecular weight excluding hydrogens is 228 g/mol. The maximum Gasteiger partial charge on any atom is 0.305 e. The van der Waals surface area contributed by atoms with Gasteiger partial charge in [-0.25, -0.2) is 0 Å². The summed E-state index contributed by atoms with van der Waals surface area (Å²) in [5, 5.41) is 0. The Morgan fingerprint density at radius 2 is 2.22 bits per heavy atom. The first kappa shape index (κ1) is 14.7. The Labute approximate surface area is 109 Å². The molecule has 0 saturated heterocycles. The average Bonchev–Trinajstić information content (AvgIpc) is 2.74. The smallest absolute Gasteiger partial charge is 0.305 e. The predicted molar refractivity (Wildman–Crippen MR) is 71.2 cm³/mol. The lowest BCUT2D eigenvalue weighted by Crippen LogP contribution is -2.02. The number of ketones is 1. The van der Waals surface area contributed by atoms with E-state index in [4.69, 9.17) is 4.74 Å². The van der Waals surface area contributed by atoms with E-state index in [1.165, 1.54) is 0 Å². The first-order chi connectivity index (χ1) is 8.74. The van der Waals surface area contributed by atoms with Gasteiger partial charge < -0.3 is 4.74 Å². The zero-order valence-corrected chi connectivity index (χ0v) is 11.1. The van der Waals surface area contributed by atoms with Gasteiger partial charge in [0.15, 0.2) is 5.78 Å². The number of carbonyl (C=O) groups is 2. The van der Waals surface area contributed by atoms with Crippen LogP contribution in [0.3, 0.4) is 0 Å². The molecule has 0 bridgehead atoms. The summed E-state index contributed by atoms with van der Waals surface area (Å²) in [6.45, 7) is 2.28. The van der Waals surface area contributed by atoms with Crippen molar-refractivity contribution >= 4 is 11.8 Å². The number of unbranched alkanes of at least 4 members (excludes halogenated alkanes) is 2. The van der Waals surface area contributed by atoms with Crippen molar-refractivity contribution in [3.63, 3.8) is 0 Å². The Morgan fingerprint density at radius 3 is 2.89 bits per heavy atom. The van der Waals surface area contributed by atoms with Gasteiger partial charge in [-0.15, -0.1) is 0 Å². The van der Waals surface area contributed by atoms with Gasteiger partial charge in [-0.2, -0.15) is 0 Å². The minimum Gasteiger partial charge on any atom is -0.466 e. The molecule has 0 aromatic carbocycles. The van der Waals surface area contributed by atoms with E-state index < -0.39 is 0 Å². The van der Waals surface area contributed by atoms with E-state index in [9.17, 15) is 9.59 Å². The normalized spacial score (nSPS) is 15.2. The Morgan fingerprint density at radius 1 is 1.39 bits per heavy atom. The van der Waals surface area contributed by atoms with Crippen LogP contribution in [0.2, 0.25) is 0 Å². The largest absolute Gasteiger partial charge is 0.466 e. The zero-order chi connectivity index (χ0) is 13.2. The van der Waals surface area contributed by atoms with Gasteiger partial charge in [-0.1, -0.05) is 18.2 Å². The molecule has 0 aromatic heterocycles. The van der Waals surface area contributed by atoms with Crippen LogP contribution in [-0.2, 0) is 14.3 Å². The van der Waals surface area contributed by atoms with Crippen molar-refractivity contribution in [1.82, 2.24) is 0 Å². The molecule has 3 heteroatoms. The molecule has 0 heterocycles. The van der Waals surface area contributed by atoms with Gasteiger partial charge in [0, 0.05) is 12.8 Å². The maximum atomic E-state index is 11.3. The minimum absolute atomic E-state index is 0.108. The zero-order valence-electron chi connectivity index (χ0n) is 11.1. The summed E-state index contributed by atoms with van der Waals surface area (Å²) in [6, 6.07) is 0. The SMILES string of the molecule is CCOC(=O)CCCC/C=C\CC1=CCCC1=O. The number of hydrogen-bond acceptors (Lipinski definition) is 3. The van der Waals surface area contributed by atoms with Crippen molar-refractivity contribution in [2.45, 2.75) is 51.9 Å². The quantitative estimate of drug-likeness (QED) is 0.377. The highest BCUT2D eigenvalue weighted by molar-refractivity contribution is 5.97. The number of ether oxygens (including phenoxy) is 1.